The number of hydrazine groups is 1. The van der Waals surface area contributed by atoms with Crippen LogP contribution in [0.2, 0.25) is 10.2 Å². The molecule has 0 radical (unpaired) electrons. The van der Waals surface area contributed by atoms with E-state index in [1.807, 2.05) is 0 Å². The molecule has 0 aliphatic carbocycles. The normalized spacial score (nSPS) is 10.5. The SMILES string of the molecule is O=C(NNC(=O)c1n[nH]c(=O)c2ccccc12)c1nc(Cl)ccc1Cl. The Balaban J connectivity index is 1.82. The Morgan fingerprint density at radius 1 is 0.920 bits per heavy atom. The Labute approximate surface area is 150 Å². The van der Waals surface area contributed by atoms with E-state index in [0.29, 0.717) is 10.8 Å². The highest BCUT2D eigenvalue weighted by molar-refractivity contribution is 6.34. The van der Waals surface area contributed by atoms with Crippen molar-refractivity contribution in [1.29, 1.82) is 0 Å². The fourth-order valence-electron chi connectivity index (χ4n) is 2.10. The van der Waals surface area contributed by atoms with Gasteiger partial charge in [0.2, 0.25) is 0 Å². The smallest absolute Gasteiger partial charge is 0.267 e. The molecule has 0 aliphatic rings. The number of nitrogens with zero attached hydrogens (tertiary/aromatic N) is 2. The van der Waals surface area contributed by atoms with Crippen molar-refractivity contribution in [2.75, 3.05) is 0 Å². The first-order valence-corrected chi connectivity index (χ1v) is 7.63. The van der Waals surface area contributed by atoms with Crippen molar-refractivity contribution in [2.45, 2.75) is 0 Å². The summed E-state index contributed by atoms with van der Waals surface area (Å²) in [5.41, 5.74) is 3.73. The quantitative estimate of drug-likeness (QED) is 0.464. The molecule has 0 saturated carbocycles. The third kappa shape index (κ3) is 3.44. The second-order valence-electron chi connectivity index (χ2n) is 4.82. The van der Waals surface area contributed by atoms with E-state index < -0.39 is 17.4 Å². The van der Waals surface area contributed by atoms with Gasteiger partial charge in [-0.05, 0) is 18.2 Å². The first-order chi connectivity index (χ1) is 12.0. The zero-order valence-corrected chi connectivity index (χ0v) is 13.9. The number of aromatic nitrogens is 3. The van der Waals surface area contributed by atoms with E-state index in [2.05, 4.69) is 26.0 Å². The van der Waals surface area contributed by atoms with E-state index in [1.54, 1.807) is 24.3 Å². The van der Waals surface area contributed by atoms with Crippen LogP contribution in [-0.4, -0.2) is 27.0 Å². The summed E-state index contributed by atoms with van der Waals surface area (Å²) in [5.74, 6) is -1.48. The number of fused-ring (bicyclic) bond motifs is 1. The number of carbonyl (C=O) groups is 2. The van der Waals surface area contributed by atoms with Crippen LogP contribution in [0.25, 0.3) is 10.8 Å². The molecule has 2 amide bonds. The Morgan fingerprint density at radius 3 is 2.28 bits per heavy atom. The van der Waals surface area contributed by atoms with Crippen molar-refractivity contribution in [1.82, 2.24) is 26.0 Å². The second kappa shape index (κ2) is 6.88. The highest BCUT2D eigenvalue weighted by Crippen LogP contribution is 2.16. The lowest BCUT2D eigenvalue weighted by molar-refractivity contribution is 0.0841. The van der Waals surface area contributed by atoms with E-state index in [0.717, 1.165) is 0 Å². The maximum absolute atomic E-state index is 12.3. The number of nitrogens with one attached hydrogen (secondary N) is 3. The van der Waals surface area contributed by atoms with Gasteiger partial charge < -0.3 is 0 Å². The van der Waals surface area contributed by atoms with Gasteiger partial charge in [-0.2, -0.15) is 5.10 Å². The lowest BCUT2D eigenvalue weighted by Gasteiger charge is -2.09. The summed E-state index contributed by atoms with van der Waals surface area (Å²) >= 11 is 11.6. The Morgan fingerprint density at radius 2 is 1.56 bits per heavy atom. The molecule has 3 aromatic rings. The molecule has 126 valence electrons. The molecule has 0 atom stereocenters. The fourth-order valence-corrected chi connectivity index (χ4v) is 2.44. The van der Waals surface area contributed by atoms with Crippen LogP contribution in [0.1, 0.15) is 21.0 Å². The number of pyridine rings is 1. The number of H-pyrrole nitrogens is 1. The van der Waals surface area contributed by atoms with Crippen molar-refractivity contribution in [3.8, 4) is 0 Å². The van der Waals surface area contributed by atoms with Crippen LogP contribution >= 0.6 is 23.2 Å². The summed E-state index contributed by atoms with van der Waals surface area (Å²) in [6.07, 6.45) is 0. The maximum atomic E-state index is 12.3. The van der Waals surface area contributed by atoms with Gasteiger partial charge in [0.15, 0.2) is 5.69 Å². The van der Waals surface area contributed by atoms with Crippen molar-refractivity contribution in [3.63, 3.8) is 0 Å². The van der Waals surface area contributed by atoms with E-state index in [4.69, 9.17) is 23.2 Å². The number of amides is 2. The van der Waals surface area contributed by atoms with Crippen LogP contribution in [0.3, 0.4) is 0 Å². The zero-order valence-electron chi connectivity index (χ0n) is 12.3. The van der Waals surface area contributed by atoms with Crippen molar-refractivity contribution < 1.29 is 9.59 Å². The van der Waals surface area contributed by atoms with Crippen LogP contribution in [0.4, 0.5) is 0 Å². The van der Waals surface area contributed by atoms with Gasteiger partial charge in [0.05, 0.1) is 10.4 Å². The first-order valence-electron chi connectivity index (χ1n) is 6.87. The van der Waals surface area contributed by atoms with Gasteiger partial charge in [-0.25, -0.2) is 10.1 Å². The third-order valence-corrected chi connectivity index (χ3v) is 3.74. The first kappa shape index (κ1) is 16.9. The highest BCUT2D eigenvalue weighted by atomic mass is 35.5. The van der Waals surface area contributed by atoms with Gasteiger partial charge in [0.1, 0.15) is 10.8 Å². The molecular formula is C15H9Cl2N5O3. The number of halogens is 2. The fraction of sp³-hybridized carbons (Fsp3) is 0. The molecule has 0 fully saturated rings. The molecule has 0 bridgehead atoms. The number of hydrogen-bond acceptors (Lipinski definition) is 5. The number of benzene rings is 1. The average molecular weight is 378 g/mol. The minimum absolute atomic E-state index is 0.0550. The Hall–Kier alpha value is -2.97. The van der Waals surface area contributed by atoms with Crippen LogP contribution < -0.4 is 16.4 Å². The van der Waals surface area contributed by atoms with Gasteiger partial charge in [0, 0.05) is 5.39 Å². The number of hydrogen-bond donors (Lipinski definition) is 3. The van der Waals surface area contributed by atoms with Crippen LogP contribution in [0.5, 0.6) is 0 Å². The summed E-state index contributed by atoms with van der Waals surface area (Å²) in [6.45, 7) is 0. The summed E-state index contributed by atoms with van der Waals surface area (Å²) in [7, 11) is 0. The van der Waals surface area contributed by atoms with E-state index in [1.165, 1.54) is 12.1 Å². The summed E-state index contributed by atoms with van der Waals surface area (Å²) in [6, 6.07) is 9.28. The van der Waals surface area contributed by atoms with Gasteiger partial charge in [0.25, 0.3) is 17.4 Å². The second-order valence-corrected chi connectivity index (χ2v) is 5.61. The highest BCUT2D eigenvalue weighted by Gasteiger charge is 2.17. The summed E-state index contributed by atoms with van der Waals surface area (Å²) in [4.78, 5) is 39.8. The predicted molar refractivity (Wildman–Crippen MR) is 91.6 cm³/mol. The molecule has 1 aromatic carbocycles. The molecule has 0 aliphatic heterocycles. The number of carbonyl (C=O) groups excluding carboxylic acids is 2. The van der Waals surface area contributed by atoms with Crippen molar-refractivity contribution in [2.24, 2.45) is 0 Å². The van der Waals surface area contributed by atoms with E-state index in [9.17, 15) is 14.4 Å². The molecule has 3 N–H and O–H groups in total. The lowest BCUT2D eigenvalue weighted by atomic mass is 10.1. The largest absolute Gasteiger partial charge is 0.290 e. The average Bonchev–Trinajstić information content (AvgIpc) is 2.62. The number of rotatable bonds is 2. The molecule has 0 spiro atoms. The third-order valence-electron chi connectivity index (χ3n) is 3.23. The number of aromatic amines is 1. The molecule has 25 heavy (non-hydrogen) atoms. The molecule has 10 heteroatoms. The van der Waals surface area contributed by atoms with Gasteiger partial charge in [-0.3, -0.25) is 25.2 Å². The standard InChI is InChI=1S/C15H9Cl2N5O3/c16-9-5-6-10(17)18-12(9)15(25)22-21-14(24)11-7-3-1-2-4-8(7)13(23)20-19-11/h1-6H,(H,20,23)(H,21,24)(H,22,25). The molecule has 8 nitrogen and oxygen atoms in total. The van der Waals surface area contributed by atoms with Crippen LogP contribution in [-0.2, 0) is 0 Å². The van der Waals surface area contributed by atoms with Crippen molar-refractivity contribution >= 4 is 45.8 Å². The minimum Gasteiger partial charge on any atom is -0.267 e. The van der Waals surface area contributed by atoms with E-state index >= 15 is 0 Å². The van der Waals surface area contributed by atoms with Crippen molar-refractivity contribution in [3.05, 3.63) is 68.3 Å². The van der Waals surface area contributed by atoms with Gasteiger partial charge in [-0.15, -0.1) is 0 Å². The van der Waals surface area contributed by atoms with Gasteiger partial charge in [-0.1, -0.05) is 41.4 Å². The van der Waals surface area contributed by atoms with Gasteiger partial charge >= 0.3 is 0 Å². The Kier molecular flexibility index (Phi) is 4.64. The van der Waals surface area contributed by atoms with E-state index in [-0.39, 0.29) is 21.6 Å². The minimum atomic E-state index is -0.755. The molecule has 0 unspecified atom stereocenters. The molecule has 3 rings (SSSR count). The predicted octanol–water partition coefficient (Wildman–Crippen LogP) is 1.70. The molecule has 2 heterocycles. The molecule has 2 aromatic heterocycles. The monoisotopic (exact) mass is 377 g/mol. The lowest BCUT2D eigenvalue weighted by Crippen LogP contribution is -2.42. The maximum Gasteiger partial charge on any atom is 0.290 e. The summed E-state index contributed by atoms with van der Waals surface area (Å²) in [5, 5.41) is 6.75. The molecular weight excluding hydrogens is 369 g/mol. The Bertz CT molecular complexity index is 1050. The molecule has 0 saturated heterocycles. The summed E-state index contributed by atoms with van der Waals surface area (Å²) < 4.78 is 0. The zero-order chi connectivity index (χ0) is 18.0. The topological polar surface area (TPSA) is 117 Å². The van der Waals surface area contributed by atoms with Crippen LogP contribution in [0, 0.1) is 0 Å². The van der Waals surface area contributed by atoms with Crippen LogP contribution in [0.15, 0.2) is 41.2 Å².